The van der Waals surface area contributed by atoms with E-state index in [1.54, 1.807) is 5.30 Å². The molecule has 0 saturated heterocycles. The monoisotopic (exact) mass is 491 g/mol. The van der Waals surface area contributed by atoms with Crippen LogP contribution in [0.5, 0.6) is 0 Å². The van der Waals surface area contributed by atoms with Crippen molar-refractivity contribution in [2.45, 2.75) is 75.5 Å². The maximum absolute atomic E-state index is 2.58. The van der Waals surface area contributed by atoms with Crippen molar-refractivity contribution in [1.82, 2.24) is 4.57 Å². The summed E-state index contributed by atoms with van der Waals surface area (Å²) in [5.41, 5.74) is 8.35. The van der Waals surface area contributed by atoms with Crippen LogP contribution >= 0.6 is 7.92 Å². The largest absolute Gasteiger partial charge is 0.309 e. The molecule has 0 N–H and O–H groups in total. The van der Waals surface area contributed by atoms with E-state index < -0.39 is 0 Å². The van der Waals surface area contributed by atoms with Gasteiger partial charge in [0.25, 0.3) is 0 Å². The number of nitrogens with zero attached hydrogens (tertiary/aromatic N) is 1. The Kier molecular flexibility index (Phi) is 7.38. The number of para-hydroxylation sites is 1. The van der Waals surface area contributed by atoms with Gasteiger partial charge in [-0.05, 0) is 66.3 Å². The molecule has 0 unspecified atom stereocenters. The molecule has 0 radical (unpaired) electrons. The van der Waals surface area contributed by atoms with Gasteiger partial charge in [-0.2, -0.15) is 0 Å². The van der Waals surface area contributed by atoms with Gasteiger partial charge in [0.1, 0.15) is 0 Å². The summed E-state index contributed by atoms with van der Waals surface area (Å²) in [4.78, 5) is 0. The van der Waals surface area contributed by atoms with Crippen molar-refractivity contribution in [3.63, 3.8) is 0 Å². The average Bonchev–Trinajstić information content (AvgIpc) is 3.41. The molecule has 0 amide bonds. The fourth-order valence-electron chi connectivity index (χ4n) is 6.65. The van der Waals surface area contributed by atoms with Crippen LogP contribution < -0.4 is 5.30 Å². The molecule has 2 heteroatoms. The van der Waals surface area contributed by atoms with Gasteiger partial charge in [0.05, 0.1) is 17.1 Å². The highest BCUT2D eigenvalue weighted by atomic mass is 31.1. The second-order valence-corrected chi connectivity index (χ2v) is 13.4. The molecule has 1 aromatic heterocycles. The molecule has 6 rings (SSSR count). The smallest absolute Gasteiger partial charge is 0.0539 e. The van der Waals surface area contributed by atoms with Gasteiger partial charge < -0.3 is 4.57 Å². The molecular weight excluding hydrogens is 453 g/mol. The summed E-state index contributed by atoms with van der Waals surface area (Å²) in [7, 11) is -0.201. The number of benzene rings is 3. The molecule has 0 atom stereocenters. The van der Waals surface area contributed by atoms with E-state index in [4.69, 9.17) is 0 Å². The van der Waals surface area contributed by atoms with Crippen LogP contribution in [0.25, 0.3) is 28.2 Å². The number of hydrogen-bond donors (Lipinski definition) is 0. The zero-order valence-electron chi connectivity index (χ0n) is 21.4. The van der Waals surface area contributed by atoms with Gasteiger partial charge in [-0.25, -0.2) is 0 Å². The zero-order valence-corrected chi connectivity index (χ0v) is 22.3. The first kappa shape index (κ1) is 23.7. The predicted molar refractivity (Wildman–Crippen MR) is 157 cm³/mol. The predicted octanol–water partition coefficient (Wildman–Crippen LogP) is 9.58. The summed E-state index contributed by atoms with van der Waals surface area (Å²) in [5.74, 6) is 0. The van der Waals surface area contributed by atoms with Gasteiger partial charge in [0.2, 0.25) is 0 Å². The summed E-state index contributed by atoms with van der Waals surface area (Å²) >= 11 is 0. The van der Waals surface area contributed by atoms with E-state index in [0.717, 1.165) is 11.3 Å². The summed E-state index contributed by atoms with van der Waals surface area (Å²) in [5, 5.41) is 1.65. The van der Waals surface area contributed by atoms with Crippen LogP contribution in [0.15, 0.2) is 97.1 Å². The Bertz CT molecular complexity index is 1170. The lowest BCUT2D eigenvalue weighted by atomic mass is 9.99. The molecule has 36 heavy (non-hydrogen) atoms. The SMILES string of the molecule is c1ccc(-c2ccc(-c3ccccc3)n2-c2ccccc2P(C2CCCCC2)C2CCCCC2)cc1. The highest BCUT2D eigenvalue weighted by molar-refractivity contribution is 7.67. The molecule has 2 aliphatic rings. The number of aromatic nitrogens is 1. The lowest BCUT2D eigenvalue weighted by molar-refractivity contribution is 0.487. The standard InChI is InChI=1S/C34H38NP/c1-5-15-27(16-6-1)31-25-26-32(28-17-7-2-8-18-28)35(31)33-23-13-14-24-34(33)36(29-19-9-3-10-20-29)30-21-11-4-12-22-30/h1-2,5-8,13-18,23-26,29-30H,3-4,9-12,19-22H2. The van der Waals surface area contributed by atoms with Gasteiger partial charge in [-0.1, -0.05) is 125 Å². The minimum atomic E-state index is -0.201. The minimum Gasteiger partial charge on any atom is -0.309 e. The van der Waals surface area contributed by atoms with Crippen molar-refractivity contribution < 1.29 is 0 Å². The normalized spacial score (nSPS) is 17.5. The molecule has 2 aliphatic carbocycles. The molecule has 1 heterocycles. The Labute approximate surface area is 218 Å². The summed E-state index contributed by atoms with van der Waals surface area (Å²) < 4.78 is 2.58. The third kappa shape index (κ3) is 4.83. The Hall–Kier alpha value is -2.63. The van der Waals surface area contributed by atoms with Crippen molar-refractivity contribution in [3.05, 3.63) is 97.1 Å². The van der Waals surface area contributed by atoms with Crippen LogP contribution in [0.3, 0.4) is 0 Å². The molecule has 184 valence electrons. The Morgan fingerprint density at radius 3 is 1.42 bits per heavy atom. The van der Waals surface area contributed by atoms with Crippen LogP contribution in [-0.4, -0.2) is 15.9 Å². The Balaban J connectivity index is 1.54. The molecule has 0 bridgehead atoms. The lowest BCUT2D eigenvalue weighted by Gasteiger charge is -2.39. The zero-order chi connectivity index (χ0) is 24.2. The molecule has 0 aliphatic heterocycles. The van der Waals surface area contributed by atoms with E-state index in [9.17, 15) is 0 Å². The Morgan fingerprint density at radius 1 is 0.472 bits per heavy atom. The van der Waals surface area contributed by atoms with Gasteiger partial charge >= 0.3 is 0 Å². The van der Waals surface area contributed by atoms with Crippen molar-refractivity contribution in [2.75, 3.05) is 0 Å². The van der Waals surface area contributed by atoms with Gasteiger partial charge in [0.15, 0.2) is 0 Å². The molecule has 2 fully saturated rings. The number of rotatable bonds is 6. The van der Waals surface area contributed by atoms with E-state index in [1.165, 1.54) is 92.4 Å². The molecule has 0 spiro atoms. The molecule has 3 aromatic carbocycles. The van der Waals surface area contributed by atoms with Crippen molar-refractivity contribution in [2.24, 2.45) is 0 Å². The lowest BCUT2D eigenvalue weighted by Crippen LogP contribution is -2.28. The number of hydrogen-bond acceptors (Lipinski definition) is 0. The topological polar surface area (TPSA) is 4.93 Å². The van der Waals surface area contributed by atoms with E-state index in [-0.39, 0.29) is 7.92 Å². The van der Waals surface area contributed by atoms with Crippen LogP contribution in [0.4, 0.5) is 0 Å². The maximum atomic E-state index is 2.58. The second kappa shape index (κ2) is 11.2. The van der Waals surface area contributed by atoms with E-state index in [2.05, 4.69) is 102 Å². The summed E-state index contributed by atoms with van der Waals surface area (Å²) in [6.45, 7) is 0. The highest BCUT2D eigenvalue weighted by Crippen LogP contribution is 2.56. The van der Waals surface area contributed by atoms with Crippen LogP contribution in [0.1, 0.15) is 64.2 Å². The van der Waals surface area contributed by atoms with Crippen LogP contribution in [-0.2, 0) is 0 Å². The Morgan fingerprint density at radius 2 is 0.917 bits per heavy atom. The first-order valence-corrected chi connectivity index (χ1v) is 15.6. The third-order valence-corrected chi connectivity index (χ3v) is 11.9. The molecule has 4 aromatic rings. The van der Waals surface area contributed by atoms with Gasteiger partial charge in [0, 0.05) is 5.30 Å². The maximum Gasteiger partial charge on any atom is 0.0539 e. The summed E-state index contributed by atoms with van der Waals surface area (Å²) in [6.07, 6.45) is 14.3. The van der Waals surface area contributed by atoms with Crippen LogP contribution in [0, 0.1) is 0 Å². The van der Waals surface area contributed by atoms with Crippen molar-refractivity contribution >= 4 is 13.2 Å². The van der Waals surface area contributed by atoms with Gasteiger partial charge in [-0.15, -0.1) is 0 Å². The van der Waals surface area contributed by atoms with Gasteiger partial charge in [-0.3, -0.25) is 0 Å². The van der Waals surface area contributed by atoms with Crippen molar-refractivity contribution in [1.29, 1.82) is 0 Å². The highest BCUT2D eigenvalue weighted by Gasteiger charge is 2.34. The third-order valence-electron chi connectivity index (χ3n) is 8.36. The quantitative estimate of drug-likeness (QED) is 0.237. The van der Waals surface area contributed by atoms with E-state index in [1.807, 2.05) is 0 Å². The van der Waals surface area contributed by atoms with Crippen LogP contribution in [0.2, 0.25) is 0 Å². The van der Waals surface area contributed by atoms with E-state index >= 15 is 0 Å². The minimum absolute atomic E-state index is 0.201. The average molecular weight is 492 g/mol. The molecule has 2 saturated carbocycles. The van der Waals surface area contributed by atoms with Crippen molar-refractivity contribution in [3.8, 4) is 28.2 Å². The summed E-state index contributed by atoms with van der Waals surface area (Å²) in [6, 6.07) is 36.1. The first-order valence-electron chi connectivity index (χ1n) is 14.1. The first-order chi connectivity index (χ1) is 17.9. The fourth-order valence-corrected chi connectivity index (χ4v) is 10.6. The molecule has 1 nitrogen and oxygen atoms in total. The van der Waals surface area contributed by atoms with E-state index in [0.29, 0.717) is 0 Å². The fraction of sp³-hybridized carbons (Fsp3) is 0.353. The molecular formula is C34H38NP. The second-order valence-electron chi connectivity index (χ2n) is 10.7.